The normalized spacial score (nSPS) is 10.6. The fourth-order valence-corrected chi connectivity index (χ4v) is 4.22. The summed E-state index contributed by atoms with van der Waals surface area (Å²) >= 11 is 0. The molecule has 0 atom stereocenters. The Kier molecular flexibility index (Phi) is 4.00. The first-order chi connectivity index (χ1) is 9.86. The molecule has 0 bridgehead atoms. The molecule has 2 aromatic carbocycles. The molecule has 20 heavy (non-hydrogen) atoms. The Morgan fingerprint density at radius 2 is 1.85 bits per heavy atom. The molecule has 0 aliphatic carbocycles. The van der Waals surface area contributed by atoms with E-state index in [0.29, 0.717) is 5.56 Å². The van der Waals surface area contributed by atoms with Gasteiger partial charge in [-0.2, -0.15) is 5.26 Å². The van der Waals surface area contributed by atoms with Gasteiger partial charge in [-0.05, 0) is 23.8 Å². The van der Waals surface area contributed by atoms with Crippen molar-refractivity contribution in [3.8, 4) is 6.07 Å². The van der Waals surface area contributed by atoms with Gasteiger partial charge in [0.2, 0.25) is 0 Å². The van der Waals surface area contributed by atoms with Gasteiger partial charge in [-0.3, -0.25) is 0 Å². The highest BCUT2D eigenvalue weighted by Gasteiger charge is 2.04. The van der Waals surface area contributed by atoms with E-state index in [1.165, 1.54) is 21.4 Å². The van der Waals surface area contributed by atoms with Gasteiger partial charge < -0.3 is 4.98 Å². The van der Waals surface area contributed by atoms with Crippen molar-refractivity contribution in [2.24, 2.45) is 0 Å². The van der Waals surface area contributed by atoms with Crippen LogP contribution >= 0.6 is 21.6 Å². The molecule has 0 fully saturated rings. The molecule has 0 saturated heterocycles. The zero-order valence-electron chi connectivity index (χ0n) is 10.7. The molecule has 3 aromatic rings. The SMILES string of the molecule is N#Cc1ccc(CSSc2c[nH]c3ccccc23)cc1. The van der Waals surface area contributed by atoms with Gasteiger partial charge in [0, 0.05) is 27.7 Å². The summed E-state index contributed by atoms with van der Waals surface area (Å²) in [6.45, 7) is 0. The summed E-state index contributed by atoms with van der Waals surface area (Å²) in [5.74, 6) is 0.926. The Hall–Kier alpha value is -1.83. The summed E-state index contributed by atoms with van der Waals surface area (Å²) in [7, 11) is 3.59. The number of benzene rings is 2. The Morgan fingerprint density at radius 1 is 1.05 bits per heavy atom. The second-order valence-corrected chi connectivity index (χ2v) is 6.69. The smallest absolute Gasteiger partial charge is 0.0991 e. The second kappa shape index (κ2) is 6.08. The number of nitrogens with zero attached hydrogens (tertiary/aromatic N) is 1. The molecule has 0 aliphatic heterocycles. The molecule has 0 amide bonds. The lowest BCUT2D eigenvalue weighted by Gasteiger charge is -2.01. The fraction of sp³-hybridized carbons (Fsp3) is 0.0625. The van der Waals surface area contributed by atoms with Crippen LogP contribution in [0.2, 0.25) is 0 Å². The molecule has 1 aromatic heterocycles. The molecule has 3 rings (SSSR count). The summed E-state index contributed by atoms with van der Waals surface area (Å²) in [5.41, 5.74) is 3.12. The molecule has 1 N–H and O–H groups in total. The van der Waals surface area contributed by atoms with Gasteiger partial charge in [0.05, 0.1) is 11.6 Å². The van der Waals surface area contributed by atoms with Crippen LogP contribution in [0.25, 0.3) is 10.9 Å². The molecule has 2 nitrogen and oxygen atoms in total. The molecule has 1 heterocycles. The molecule has 0 aliphatic rings. The van der Waals surface area contributed by atoms with E-state index in [9.17, 15) is 0 Å². The second-order valence-electron chi connectivity index (χ2n) is 4.35. The minimum absolute atomic E-state index is 0.711. The Balaban J connectivity index is 1.63. The average Bonchev–Trinajstić information content (AvgIpc) is 2.92. The third-order valence-corrected chi connectivity index (χ3v) is 5.34. The van der Waals surface area contributed by atoms with Crippen LogP contribution in [0.4, 0.5) is 0 Å². The van der Waals surface area contributed by atoms with Crippen molar-refractivity contribution >= 4 is 32.5 Å². The Morgan fingerprint density at radius 3 is 2.65 bits per heavy atom. The van der Waals surface area contributed by atoms with Gasteiger partial charge in [0.1, 0.15) is 0 Å². The lowest BCUT2D eigenvalue weighted by molar-refractivity contribution is 1.40. The van der Waals surface area contributed by atoms with Crippen molar-refractivity contribution in [1.82, 2.24) is 4.98 Å². The standard InChI is InChI=1S/C16H12N2S2/c17-9-12-5-7-13(8-6-12)11-19-20-16-10-18-15-4-2-1-3-14(15)16/h1-8,10,18H,11H2. The van der Waals surface area contributed by atoms with E-state index < -0.39 is 0 Å². The van der Waals surface area contributed by atoms with Crippen LogP contribution in [-0.2, 0) is 5.75 Å². The molecule has 98 valence electrons. The first-order valence-corrected chi connectivity index (χ1v) is 8.53. The van der Waals surface area contributed by atoms with Crippen molar-refractivity contribution in [3.05, 3.63) is 65.9 Å². The number of nitrogens with one attached hydrogen (secondary N) is 1. The number of H-pyrrole nitrogens is 1. The minimum atomic E-state index is 0.711. The summed E-state index contributed by atoms with van der Waals surface area (Å²) in [5, 5.41) is 10.0. The van der Waals surface area contributed by atoms with Crippen LogP contribution in [0.1, 0.15) is 11.1 Å². The minimum Gasteiger partial charge on any atom is -0.360 e. The topological polar surface area (TPSA) is 39.6 Å². The van der Waals surface area contributed by atoms with Crippen molar-refractivity contribution in [2.45, 2.75) is 10.6 Å². The zero-order valence-corrected chi connectivity index (χ0v) is 12.3. The molecule has 0 radical (unpaired) electrons. The molecule has 0 unspecified atom stereocenters. The van der Waals surface area contributed by atoms with Crippen LogP contribution in [0.15, 0.2) is 59.6 Å². The van der Waals surface area contributed by atoms with E-state index in [2.05, 4.69) is 35.4 Å². The third kappa shape index (κ3) is 2.84. The maximum absolute atomic E-state index is 8.77. The molecular formula is C16H12N2S2. The zero-order chi connectivity index (χ0) is 13.8. The number of hydrogen-bond donors (Lipinski definition) is 1. The Bertz CT molecular complexity index is 754. The maximum Gasteiger partial charge on any atom is 0.0991 e. The average molecular weight is 296 g/mol. The first kappa shape index (κ1) is 13.2. The van der Waals surface area contributed by atoms with Crippen LogP contribution in [0, 0.1) is 11.3 Å². The lowest BCUT2D eigenvalue weighted by atomic mass is 10.2. The predicted octanol–water partition coefficient (Wildman–Crippen LogP) is 4.98. The first-order valence-electron chi connectivity index (χ1n) is 6.21. The van der Waals surface area contributed by atoms with E-state index in [4.69, 9.17) is 5.26 Å². The lowest BCUT2D eigenvalue weighted by Crippen LogP contribution is -1.79. The number of aromatic nitrogens is 1. The monoisotopic (exact) mass is 296 g/mol. The third-order valence-electron chi connectivity index (χ3n) is 3.01. The van der Waals surface area contributed by atoms with Crippen LogP contribution in [0.3, 0.4) is 0 Å². The number of para-hydroxylation sites is 1. The maximum atomic E-state index is 8.77. The van der Waals surface area contributed by atoms with Gasteiger partial charge in [0.15, 0.2) is 0 Å². The highest BCUT2D eigenvalue weighted by Crippen LogP contribution is 2.37. The van der Waals surface area contributed by atoms with Crippen molar-refractivity contribution in [2.75, 3.05) is 0 Å². The number of hydrogen-bond acceptors (Lipinski definition) is 3. The Labute approximate surface area is 125 Å². The van der Waals surface area contributed by atoms with E-state index >= 15 is 0 Å². The quantitative estimate of drug-likeness (QED) is 0.690. The number of fused-ring (bicyclic) bond motifs is 1. The van der Waals surface area contributed by atoms with E-state index in [-0.39, 0.29) is 0 Å². The van der Waals surface area contributed by atoms with Gasteiger partial charge in [-0.25, -0.2) is 0 Å². The van der Waals surface area contributed by atoms with Crippen LogP contribution < -0.4 is 0 Å². The van der Waals surface area contributed by atoms with E-state index in [1.807, 2.05) is 30.3 Å². The molecule has 4 heteroatoms. The van der Waals surface area contributed by atoms with Crippen LogP contribution in [0.5, 0.6) is 0 Å². The highest BCUT2D eigenvalue weighted by atomic mass is 33.1. The van der Waals surface area contributed by atoms with E-state index in [1.54, 1.807) is 21.6 Å². The van der Waals surface area contributed by atoms with Gasteiger partial charge in [0.25, 0.3) is 0 Å². The van der Waals surface area contributed by atoms with Gasteiger partial charge in [-0.15, -0.1) is 0 Å². The van der Waals surface area contributed by atoms with Gasteiger partial charge in [-0.1, -0.05) is 51.9 Å². The summed E-state index contributed by atoms with van der Waals surface area (Å²) in [6, 6.07) is 18.2. The fourth-order valence-electron chi connectivity index (χ4n) is 1.95. The van der Waals surface area contributed by atoms with Crippen molar-refractivity contribution < 1.29 is 0 Å². The summed E-state index contributed by atoms with van der Waals surface area (Å²) in [4.78, 5) is 4.54. The van der Waals surface area contributed by atoms with Gasteiger partial charge >= 0.3 is 0 Å². The number of rotatable bonds is 4. The van der Waals surface area contributed by atoms with Crippen molar-refractivity contribution in [3.63, 3.8) is 0 Å². The predicted molar refractivity (Wildman–Crippen MR) is 86.6 cm³/mol. The van der Waals surface area contributed by atoms with Crippen LogP contribution in [-0.4, -0.2) is 4.98 Å². The highest BCUT2D eigenvalue weighted by molar-refractivity contribution is 8.76. The summed E-state index contributed by atoms with van der Waals surface area (Å²) in [6.07, 6.45) is 2.06. The number of aromatic amines is 1. The molecule has 0 spiro atoms. The van der Waals surface area contributed by atoms with Crippen molar-refractivity contribution in [1.29, 1.82) is 5.26 Å². The largest absolute Gasteiger partial charge is 0.360 e. The summed E-state index contributed by atoms with van der Waals surface area (Å²) < 4.78 is 0. The number of nitriles is 1. The molecule has 0 saturated carbocycles. The van der Waals surface area contributed by atoms with E-state index in [0.717, 1.165) is 5.75 Å². The molecular weight excluding hydrogens is 284 g/mol.